The second kappa shape index (κ2) is 3.22. The standard InChI is InChI=1S/C2HF3O2.Bi/c3-2(4,5)1(6)7;/h(H,6,7);. The third-order valence-corrected chi connectivity index (χ3v) is 0.243. The zero-order chi connectivity index (χ0) is 6.08. The third kappa shape index (κ3) is 4.31. The van der Waals surface area contributed by atoms with Crippen molar-refractivity contribution in [2.75, 3.05) is 0 Å². The maximum Gasteiger partial charge on any atom is 0.490 e. The number of halogens is 3. The van der Waals surface area contributed by atoms with Crippen molar-refractivity contribution in [3.63, 3.8) is 0 Å². The van der Waals surface area contributed by atoms with E-state index in [2.05, 4.69) is 0 Å². The number of hydrogen-bond acceptors (Lipinski definition) is 1. The first-order valence-electron chi connectivity index (χ1n) is 1.24. The van der Waals surface area contributed by atoms with Crippen LogP contribution in [0.1, 0.15) is 0 Å². The van der Waals surface area contributed by atoms with Gasteiger partial charge in [0, 0.05) is 26.2 Å². The number of alkyl halides is 3. The van der Waals surface area contributed by atoms with Gasteiger partial charge in [0.1, 0.15) is 0 Å². The zero-order valence-corrected chi connectivity index (χ0v) is 6.91. The van der Waals surface area contributed by atoms with E-state index >= 15 is 0 Å². The molecular formula is C2HBiF3O2. The van der Waals surface area contributed by atoms with Crippen LogP contribution in [-0.2, 0) is 4.79 Å². The molecule has 0 spiro atoms. The maximum absolute atomic E-state index is 10.6. The Morgan fingerprint density at radius 1 is 1.38 bits per heavy atom. The molecule has 0 bridgehead atoms. The molecule has 3 radical (unpaired) electrons. The molecule has 0 aliphatic carbocycles. The predicted molar refractivity (Wildman–Crippen MR) is 19.4 cm³/mol. The molecule has 0 unspecified atom stereocenters. The van der Waals surface area contributed by atoms with Crippen LogP contribution in [0.25, 0.3) is 0 Å². The molecule has 2 nitrogen and oxygen atoms in total. The van der Waals surface area contributed by atoms with E-state index < -0.39 is 12.1 Å². The summed E-state index contributed by atoms with van der Waals surface area (Å²) < 4.78 is 31.7. The third-order valence-electron chi connectivity index (χ3n) is 0.243. The summed E-state index contributed by atoms with van der Waals surface area (Å²) in [5.41, 5.74) is 0. The molecular weight excluding hydrogens is 322 g/mol. The van der Waals surface area contributed by atoms with E-state index in [4.69, 9.17) is 9.90 Å². The zero-order valence-electron chi connectivity index (χ0n) is 3.44. The second-order valence-electron chi connectivity index (χ2n) is 0.803. The molecule has 0 atom stereocenters. The monoisotopic (exact) mass is 323 g/mol. The van der Waals surface area contributed by atoms with Gasteiger partial charge < -0.3 is 5.11 Å². The fourth-order valence-corrected chi connectivity index (χ4v) is 0. The van der Waals surface area contributed by atoms with Gasteiger partial charge in [0.2, 0.25) is 0 Å². The topological polar surface area (TPSA) is 37.3 Å². The molecule has 0 saturated carbocycles. The Kier molecular flexibility index (Phi) is 4.44. The molecule has 0 aromatic rings. The molecule has 0 aromatic heterocycles. The molecule has 1 N–H and O–H groups in total. The van der Waals surface area contributed by atoms with Gasteiger partial charge in [0.05, 0.1) is 0 Å². The Morgan fingerprint density at radius 3 is 1.50 bits per heavy atom. The van der Waals surface area contributed by atoms with Crippen LogP contribution < -0.4 is 0 Å². The van der Waals surface area contributed by atoms with Gasteiger partial charge in [0.25, 0.3) is 0 Å². The van der Waals surface area contributed by atoms with Crippen LogP contribution in [0.2, 0.25) is 0 Å². The summed E-state index contributed by atoms with van der Waals surface area (Å²) in [4.78, 5) is 8.90. The molecule has 47 valence electrons. The van der Waals surface area contributed by atoms with Crippen LogP contribution in [0.3, 0.4) is 0 Å². The van der Waals surface area contributed by atoms with Crippen molar-refractivity contribution in [3.05, 3.63) is 0 Å². The molecule has 0 saturated heterocycles. The molecule has 0 fully saturated rings. The maximum atomic E-state index is 10.6. The van der Waals surface area contributed by atoms with Gasteiger partial charge in [-0.05, 0) is 0 Å². The van der Waals surface area contributed by atoms with Crippen LogP contribution in [0.15, 0.2) is 0 Å². The number of rotatable bonds is 0. The minimum absolute atomic E-state index is 0. The Labute approximate surface area is 61.8 Å². The van der Waals surface area contributed by atoms with Crippen molar-refractivity contribution in [2.45, 2.75) is 6.18 Å². The fraction of sp³-hybridized carbons (Fsp3) is 0.500. The van der Waals surface area contributed by atoms with Gasteiger partial charge in [-0.15, -0.1) is 0 Å². The van der Waals surface area contributed by atoms with E-state index in [1.165, 1.54) is 0 Å². The molecule has 0 aromatic carbocycles. The van der Waals surface area contributed by atoms with Gasteiger partial charge in [-0.25, -0.2) is 4.79 Å². The summed E-state index contributed by atoms with van der Waals surface area (Å²) in [6.07, 6.45) is -5.08. The molecule has 0 heterocycles. The fourth-order valence-electron chi connectivity index (χ4n) is 0. The Balaban J connectivity index is 0. The number of carbonyl (C=O) groups is 1. The van der Waals surface area contributed by atoms with E-state index in [-0.39, 0.29) is 26.2 Å². The molecule has 0 aliphatic rings. The van der Waals surface area contributed by atoms with Crippen LogP contribution in [-0.4, -0.2) is 43.5 Å². The number of carboxylic acid groups (broad SMARTS) is 1. The second-order valence-corrected chi connectivity index (χ2v) is 0.803. The minimum atomic E-state index is -5.08. The summed E-state index contributed by atoms with van der Waals surface area (Å²) >= 11 is 0. The summed E-state index contributed by atoms with van der Waals surface area (Å²) in [6, 6.07) is 0. The van der Waals surface area contributed by atoms with Crippen molar-refractivity contribution < 1.29 is 23.1 Å². The van der Waals surface area contributed by atoms with Crippen LogP contribution >= 0.6 is 0 Å². The van der Waals surface area contributed by atoms with Crippen LogP contribution in [0.4, 0.5) is 13.2 Å². The van der Waals surface area contributed by atoms with E-state index in [9.17, 15) is 13.2 Å². The molecule has 0 aliphatic heterocycles. The Hall–Kier alpha value is 0.143. The van der Waals surface area contributed by atoms with Gasteiger partial charge in [-0.3, -0.25) is 0 Å². The summed E-state index contributed by atoms with van der Waals surface area (Å²) in [7, 11) is 0. The van der Waals surface area contributed by atoms with Crippen molar-refractivity contribution in [2.24, 2.45) is 0 Å². The average molecular weight is 323 g/mol. The summed E-state index contributed by atoms with van der Waals surface area (Å²) in [6.45, 7) is 0. The van der Waals surface area contributed by atoms with E-state index in [1.54, 1.807) is 0 Å². The first-order chi connectivity index (χ1) is 2.94. The van der Waals surface area contributed by atoms with E-state index in [1.807, 2.05) is 0 Å². The van der Waals surface area contributed by atoms with Crippen molar-refractivity contribution >= 4 is 32.2 Å². The van der Waals surface area contributed by atoms with Crippen molar-refractivity contribution in [1.29, 1.82) is 0 Å². The number of aliphatic carboxylic acids is 1. The Bertz CT molecular complexity index is 87.8. The number of hydrogen-bond donors (Lipinski definition) is 1. The predicted octanol–water partition coefficient (Wildman–Crippen LogP) is 0.253. The molecule has 0 amide bonds. The van der Waals surface area contributed by atoms with Gasteiger partial charge in [0.15, 0.2) is 0 Å². The SMILES string of the molecule is O=C(O)C(F)(F)F.[Bi]. The molecule has 6 heteroatoms. The van der Waals surface area contributed by atoms with Crippen LogP contribution in [0.5, 0.6) is 0 Å². The summed E-state index contributed by atoms with van der Waals surface area (Å²) in [5.74, 6) is -2.76. The normalized spacial score (nSPS) is 9.88. The quantitative estimate of drug-likeness (QED) is 0.649. The van der Waals surface area contributed by atoms with E-state index in [0.717, 1.165) is 0 Å². The van der Waals surface area contributed by atoms with Crippen LogP contribution in [0, 0.1) is 0 Å². The minimum Gasteiger partial charge on any atom is -0.475 e. The smallest absolute Gasteiger partial charge is 0.475 e. The Morgan fingerprint density at radius 2 is 1.50 bits per heavy atom. The largest absolute Gasteiger partial charge is 0.490 e. The molecule has 8 heavy (non-hydrogen) atoms. The first-order valence-corrected chi connectivity index (χ1v) is 1.24. The van der Waals surface area contributed by atoms with Crippen molar-refractivity contribution in [3.8, 4) is 0 Å². The van der Waals surface area contributed by atoms with Gasteiger partial charge >= 0.3 is 12.1 Å². The molecule has 0 rings (SSSR count). The summed E-state index contributed by atoms with van der Waals surface area (Å²) in [5, 5.41) is 7.12. The van der Waals surface area contributed by atoms with Gasteiger partial charge in [-0.2, -0.15) is 13.2 Å². The first kappa shape index (κ1) is 11.0. The van der Waals surface area contributed by atoms with E-state index in [0.29, 0.717) is 0 Å². The van der Waals surface area contributed by atoms with Gasteiger partial charge in [-0.1, -0.05) is 0 Å². The average Bonchev–Trinajstić information content (AvgIpc) is 1.31. The van der Waals surface area contributed by atoms with Crippen molar-refractivity contribution in [1.82, 2.24) is 0 Å². The number of carboxylic acids is 1.